The van der Waals surface area contributed by atoms with E-state index < -0.39 is 5.97 Å². The van der Waals surface area contributed by atoms with Crippen LogP contribution in [0.1, 0.15) is 26.0 Å². The average molecular weight is 413 g/mol. The first kappa shape index (κ1) is 20.9. The molecule has 2 N–H and O–H groups in total. The van der Waals surface area contributed by atoms with Gasteiger partial charge in [-0.1, -0.05) is 49.0 Å². The van der Waals surface area contributed by atoms with Crippen LogP contribution in [0.15, 0.2) is 52.8 Å². The summed E-state index contributed by atoms with van der Waals surface area (Å²) in [5.41, 5.74) is 3.68. The van der Waals surface area contributed by atoms with Gasteiger partial charge < -0.3 is 15.4 Å². The summed E-state index contributed by atoms with van der Waals surface area (Å²) in [6, 6.07) is 11.1. The van der Waals surface area contributed by atoms with Crippen molar-refractivity contribution in [3.05, 3.63) is 53.4 Å². The summed E-state index contributed by atoms with van der Waals surface area (Å²) in [5.74, 6) is -0.0620. The highest BCUT2D eigenvalue weighted by molar-refractivity contribution is 7.99. The molecular formula is C21H24N4O3S. The predicted octanol–water partition coefficient (Wildman–Crippen LogP) is 3.45. The van der Waals surface area contributed by atoms with Gasteiger partial charge >= 0.3 is 12.0 Å². The highest BCUT2D eigenvalue weighted by Crippen LogP contribution is 2.25. The van der Waals surface area contributed by atoms with E-state index in [1.165, 1.54) is 11.8 Å². The largest absolute Gasteiger partial charge is 0.463 e. The molecule has 0 unspecified atom stereocenters. The molecule has 0 aliphatic carbocycles. The van der Waals surface area contributed by atoms with Crippen molar-refractivity contribution in [2.75, 3.05) is 12.4 Å². The van der Waals surface area contributed by atoms with E-state index in [0.29, 0.717) is 28.6 Å². The number of aromatic nitrogens is 2. The van der Waals surface area contributed by atoms with E-state index in [0.717, 1.165) is 17.0 Å². The zero-order valence-corrected chi connectivity index (χ0v) is 17.5. The Kier molecular flexibility index (Phi) is 6.87. The molecule has 3 rings (SSSR count). The molecule has 1 aromatic carbocycles. The molecule has 0 radical (unpaired) electrons. The number of nitrogens with one attached hydrogen (secondary N) is 2. The van der Waals surface area contributed by atoms with Gasteiger partial charge in [0.2, 0.25) is 0 Å². The molecule has 152 valence electrons. The van der Waals surface area contributed by atoms with Gasteiger partial charge in [0.15, 0.2) is 5.16 Å². The highest BCUT2D eigenvalue weighted by atomic mass is 32.2. The molecule has 2 aromatic rings. The van der Waals surface area contributed by atoms with Crippen molar-refractivity contribution in [1.29, 1.82) is 0 Å². The zero-order valence-electron chi connectivity index (χ0n) is 16.7. The monoisotopic (exact) mass is 412 g/mol. The number of aryl methyl sites for hydroxylation is 1. The Morgan fingerprint density at radius 1 is 1.21 bits per heavy atom. The number of nitrogens with zero attached hydrogens (tertiary/aromatic N) is 2. The lowest BCUT2D eigenvalue weighted by atomic mass is 10.0. The van der Waals surface area contributed by atoms with Gasteiger partial charge in [0, 0.05) is 22.7 Å². The molecule has 0 spiro atoms. The van der Waals surface area contributed by atoms with Crippen molar-refractivity contribution < 1.29 is 14.3 Å². The van der Waals surface area contributed by atoms with Crippen molar-refractivity contribution in [3.8, 4) is 11.3 Å². The molecule has 1 aromatic heterocycles. The Hall–Kier alpha value is -2.87. The smallest absolute Gasteiger partial charge is 0.337 e. The minimum absolute atomic E-state index is 0.272. The Labute approximate surface area is 174 Å². The van der Waals surface area contributed by atoms with E-state index in [-0.39, 0.29) is 18.7 Å². The number of benzene rings is 1. The fourth-order valence-corrected chi connectivity index (χ4v) is 3.95. The fourth-order valence-electron chi connectivity index (χ4n) is 3.07. The van der Waals surface area contributed by atoms with Crippen molar-refractivity contribution in [1.82, 2.24) is 20.6 Å². The standard InChI is InChI=1S/C21H24N4O3S/c1-4-15-18(19(26)28-5-2)17(24-20(27)23-15)12-29-21-22-13(3)11-16(25-21)14-9-7-6-8-10-14/h6-11,15H,4-5,12H2,1-3H3,(H2,23,24,27)/t15-/m1/s1. The molecular weight excluding hydrogens is 388 g/mol. The predicted molar refractivity (Wildman–Crippen MR) is 112 cm³/mol. The molecule has 7 nitrogen and oxygen atoms in total. The number of carbonyl (C=O) groups is 2. The van der Waals surface area contributed by atoms with Crippen molar-refractivity contribution in [2.24, 2.45) is 0 Å². The summed E-state index contributed by atoms with van der Waals surface area (Å²) in [6.45, 7) is 5.86. The minimum atomic E-state index is -0.419. The molecule has 29 heavy (non-hydrogen) atoms. The summed E-state index contributed by atoms with van der Waals surface area (Å²) in [4.78, 5) is 33.6. The second kappa shape index (κ2) is 9.56. The third kappa shape index (κ3) is 5.14. The summed E-state index contributed by atoms with van der Waals surface area (Å²) in [7, 11) is 0. The lowest BCUT2D eigenvalue weighted by molar-refractivity contribution is -0.139. The van der Waals surface area contributed by atoms with Crippen LogP contribution in [0.2, 0.25) is 0 Å². The maximum Gasteiger partial charge on any atom is 0.337 e. The summed E-state index contributed by atoms with van der Waals surface area (Å²) < 4.78 is 5.20. The van der Waals surface area contributed by atoms with Crippen molar-refractivity contribution in [2.45, 2.75) is 38.4 Å². The minimum Gasteiger partial charge on any atom is -0.463 e. The van der Waals surface area contributed by atoms with E-state index >= 15 is 0 Å². The van der Waals surface area contributed by atoms with Crippen LogP contribution in [0.3, 0.4) is 0 Å². The van der Waals surface area contributed by atoms with E-state index in [9.17, 15) is 9.59 Å². The first-order valence-electron chi connectivity index (χ1n) is 9.53. The number of urea groups is 1. The number of hydrogen-bond donors (Lipinski definition) is 2. The van der Waals surface area contributed by atoms with Crippen LogP contribution >= 0.6 is 11.8 Å². The maximum absolute atomic E-state index is 12.5. The topological polar surface area (TPSA) is 93.2 Å². The number of amides is 2. The van der Waals surface area contributed by atoms with Gasteiger partial charge in [-0.05, 0) is 26.3 Å². The molecule has 8 heteroatoms. The van der Waals surface area contributed by atoms with Crippen molar-refractivity contribution in [3.63, 3.8) is 0 Å². The van der Waals surface area contributed by atoms with Crippen LogP contribution in [0, 0.1) is 6.92 Å². The molecule has 1 atom stereocenters. The summed E-state index contributed by atoms with van der Waals surface area (Å²) in [6.07, 6.45) is 0.592. The Bertz CT molecular complexity index is 931. The van der Waals surface area contributed by atoms with Crippen LogP contribution < -0.4 is 10.6 Å². The van der Waals surface area contributed by atoms with Gasteiger partial charge in [-0.2, -0.15) is 0 Å². The average Bonchev–Trinajstić information content (AvgIpc) is 2.72. The number of carbonyl (C=O) groups excluding carboxylic acids is 2. The number of rotatable bonds is 7. The first-order valence-corrected chi connectivity index (χ1v) is 10.5. The number of esters is 1. The second-order valence-electron chi connectivity index (χ2n) is 6.50. The second-order valence-corrected chi connectivity index (χ2v) is 7.45. The van der Waals surface area contributed by atoms with Crippen LogP contribution in [0.5, 0.6) is 0 Å². The first-order chi connectivity index (χ1) is 14.0. The molecule has 0 saturated heterocycles. The quantitative estimate of drug-likeness (QED) is 0.411. The fraction of sp³-hybridized carbons (Fsp3) is 0.333. The lowest BCUT2D eigenvalue weighted by Gasteiger charge is -2.28. The summed E-state index contributed by atoms with van der Waals surface area (Å²) >= 11 is 1.37. The highest BCUT2D eigenvalue weighted by Gasteiger charge is 2.31. The zero-order chi connectivity index (χ0) is 20.8. The maximum atomic E-state index is 12.5. The van der Waals surface area contributed by atoms with Gasteiger partial charge in [-0.25, -0.2) is 19.6 Å². The van der Waals surface area contributed by atoms with Crippen LogP contribution in [0.4, 0.5) is 4.79 Å². The Morgan fingerprint density at radius 2 is 1.97 bits per heavy atom. The van der Waals surface area contributed by atoms with Gasteiger partial charge in [0.05, 0.1) is 23.9 Å². The van der Waals surface area contributed by atoms with Crippen LogP contribution in [-0.2, 0) is 9.53 Å². The molecule has 0 fully saturated rings. The van der Waals surface area contributed by atoms with Crippen LogP contribution in [-0.4, -0.2) is 40.4 Å². The van der Waals surface area contributed by atoms with Crippen LogP contribution in [0.25, 0.3) is 11.3 Å². The van der Waals surface area contributed by atoms with Gasteiger partial charge in [-0.15, -0.1) is 0 Å². The number of hydrogen-bond acceptors (Lipinski definition) is 6. The third-order valence-corrected chi connectivity index (χ3v) is 5.27. The molecule has 1 aliphatic rings. The number of thioether (sulfide) groups is 1. The van der Waals surface area contributed by atoms with E-state index in [4.69, 9.17) is 4.74 Å². The Balaban J connectivity index is 1.87. The van der Waals surface area contributed by atoms with Crippen molar-refractivity contribution >= 4 is 23.8 Å². The molecule has 1 aliphatic heterocycles. The van der Waals surface area contributed by atoms with E-state index in [1.807, 2.05) is 50.2 Å². The molecule has 0 saturated carbocycles. The lowest BCUT2D eigenvalue weighted by Crippen LogP contribution is -2.50. The van der Waals surface area contributed by atoms with E-state index in [2.05, 4.69) is 20.6 Å². The number of ether oxygens (including phenoxy) is 1. The SMILES string of the molecule is CCOC(=O)C1=C(CSc2nc(C)cc(-c3ccccc3)n2)NC(=O)N[C@@H]1CC. The summed E-state index contributed by atoms with van der Waals surface area (Å²) in [5, 5.41) is 6.11. The van der Waals surface area contributed by atoms with Gasteiger partial charge in [-0.3, -0.25) is 0 Å². The molecule has 2 heterocycles. The molecule has 2 amide bonds. The van der Waals surface area contributed by atoms with E-state index in [1.54, 1.807) is 6.92 Å². The van der Waals surface area contributed by atoms with Gasteiger partial charge in [0.25, 0.3) is 0 Å². The third-order valence-electron chi connectivity index (χ3n) is 4.40. The normalized spacial score (nSPS) is 16.2. The van der Waals surface area contributed by atoms with Gasteiger partial charge in [0.1, 0.15) is 0 Å². The Morgan fingerprint density at radius 3 is 2.66 bits per heavy atom. The molecule has 0 bridgehead atoms.